The Kier molecular flexibility index (Phi) is 8.00. The molecule has 29 heavy (non-hydrogen) atoms. The smallest absolute Gasteiger partial charge is 0.408 e. The lowest BCUT2D eigenvalue weighted by Crippen LogP contribution is -2.56. The van der Waals surface area contributed by atoms with Crippen molar-refractivity contribution in [1.82, 2.24) is 5.32 Å². The summed E-state index contributed by atoms with van der Waals surface area (Å²) in [7, 11) is -1.82. The minimum Gasteiger partial charge on any atom is -0.479 e. The first-order valence-electron chi connectivity index (χ1n) is 10.7. The zero-order chi connectivity index (χ0) is 22.7. The number of alkyl carbamates (subject to hydrolysis) is 1. The van der Waals surface area contributed by atoms with Crippen LogP contribution < -0.4 is 5.32 Å². The van der Waals surface area contributed by atoms with Crippen molar-refractivity contribution in [2.75, 3.05) is 0 Å². The third-order valence-corrected chi connectivity index (χ3v) is 11.0. The number of aliphatic carboxylic acids is 1. The summed E-state index contributed by atoms with van der Waals surface area (Å²) in [5.74, 6) is -0.985. The van der Waals surface area contributed by atoms with Crippen LogP contribution in [0.15, 0.2) is 17.0 Å². The van der Waals surface area contributed by atoms with Crippen molar-refractivity contribution in [1.29, 1.82) is 0 Å². The monoisotopic (exact) mass is 423 g/mol. The van der Waals surface area contributed by atoms with Crippen molar-refractivity contribution in [3.05, 3.63) is 17.0 Å². The zero-order valence-electron chi connectivity index (χ0n) is 19.9. The number of nitrogens with one attached hydrogen (secondary N) is 1. The fraction of sp³-hybridized carbons (Fsp3) is 0.783. The Morgan fingerprint density at radius 1 is 1.03 bits per heavy atom. The van der Waals surface area contributed by atoms with Crippen LogP contribution in [0.5, 0.6) is 0 Å². The van der Waals surface area contributed by atoms with Crippen LogP contribution in [0, 0.1) is 5.92 Å². The summed E-state index contributed by atoms with van der Waals surface area (Å²) in [5, 5.41) is 12.9. The van der Waals surface area contributed by atoms with Crippen molar-refractivity contribution in [2.45, 2.75) is 110 Å². The maximum absolute atomic E-state index is 12.5. The first-order chi connectivity index (χ1) is 13.0. The van der Waals surface area contributed by atoms with Gasteiger partial charge in [-0.2, -0.15) is 0 Å². The van der Waals surface area contributed by atoms with Crippen molar-refractivity contribution in [2.24, 2.45) is 5.92 Å². The van der Waals surface area contributed by atoms with E-state index in [-0.39, 0.29) is 11.0 Å². The van der Waals surface area contributed by atoms with Crippen LogP contribution in [0.2, 0.25) is 18.1 Å². The number of amides is 1. The summed E-state index contributed by atoms with van der Waals surface area (Å²) < 4.78 is 5.36. The largest absolute Gasteiger partial charge is 0.479 e. The maximum Gasteiger partial charge on any atom is 0.408 e. The molecule has 2 N–H and O–H groups in total. The van der Waals surface area contributed by atoms with Crippen LogP contribution in [-0.4, -0.2) is 36.4 Å². The van der Waals surface area contributed by atoms with Crippen molar-refractivity contribution in [3.8, 4) is 0 Å². The van der Waals surface area contributed by atoms with E-state index in [2.05, 4.69) is 50.6 Å². The summed E-state index contributed by atoms with van der Waals surface area (Å²) in [6.07, 6.45) is 4.43. The number of carbonyl (C=O) groups excluding carboxylic acids is 1. The summed E-state index contributed by atoms with van der Waals surface area (Å²) >= 11 is 0. The molecule has 0 heterocycles. The fourth-order valence-electron chi connectivity index (χ4n) is 3.28. The van der Waals surface area contributed by atoms with Gasteiger partial charge in [0.25, 0.3) is 0 Å². The number of rotatable bonds is 5. The minimum absolute atomic E-state index is 0.0980. The van der Waals surface area contributed by atoms with Crippen molar-refractivity contribution in [3.63, 3.8) is 0 Å². The molecule has 1 atom stereocenters. The second-order valence-electron chi connectivity index (χ2n) is 11.1. The van der Waals surface area contributed by atoms with Crippen LogP contribution >= 0.6 is 0 Å². The summed E-state index contributed by atoms with van der Waals surface area (Å²) in [4.78, 5) is 24.9. The molecule has 0 saturated heterocycles. The lowest BCUT2D eigenvalue weighted by atomic mass is 9.76. The van der Waals surface area contributed by atoms with Gasteiger partial charge in [-0.3, -0.25) is 0 Å². The Hall–Kier alpha value is -1.52. The summed E-state index contributed by atoms with van der Waals surface area (Å²) in [6, 6.07) is 0. The fourth-order valence-corrected chi connectivity index (χ4v) is 4.23. The number of hydrogen-bond acceptors (Lipinski definition) is 3. The molecule has 1 aliphatic rings. The molecular formula is C23H41NO4Si. The van der Waals surface area contributed by atoms with Gasteiger partial charge in [-0.25, -0.2) is 9.59 Å². The van der Waals surface area contributed by atoms with Crippen LogP contribution in [-0.2, 0) is 9.53 Å². The van der Waals surface area contributed by atoms with Gasteiger partial charge in [0.15, 0.2) is 5.54 Å². The second-order valence-corrected chi connectivity index (χ2v) is 16.3. The Balaban J connectivity index is 3.48. The molecular weight excluding hydrogens is 382 g/mol. The van der Waals surface area contributed by atoms with E-state index in [1.807, 2.05) is 0 Å². The quantitative estimate of drug-likeness (QED) is 0.416. The van der Waals surface area contributed by atoms with E-state index in [4.69, 9.17) is 4.74 Å². The van der Waals surface area contributed by atoms with Gasteiger partial charge in [-0.15, -0.1) is 5.73 Å². The third kappa shape index (κ3) is 7.04. The van der Waals surface area contributed by atoms with E-state index in [0.717, 1.165) is 25.7 Å². The molecule has 0 aliphatic heterocycles. The van der Waals surface area contributed by atoms with E-state index in [1.165, 1.54) is 6.42 Å². The first kappa shape index (κ1) is 25.5. The number of hydrogen-bond donors (Lipinski definition) is 2. The number of carbonyl (C=O) groups is 2. The highest BCUT2D eigenvalue weighted by Crippen LogP contribution is 2.38. The zero-order valence-corrected chi connectivity index (χ0v) is 20.9. The molecule has 0 aromatic rings. The molecule has 1 aliphatic carbocycles. The van der Waals surface area contributed by atoms with Gasteiger partial charge in [-0.1, -0.05) is 58.8 Å². The predicted octanol–water partition coefficient (Wildman–Crippen LogP) is 6.06. The summed E-state index contributed by atoms with van der Waals surface area (Å²) in [6.45, 7) is 18.0. The summed E-state index contributed by atoms with van der Waals surface area (Å²) in [5.41, 5.74) is 3.96. The highest BCUT2D eigenvalue weighted by molar-refractivity contribution is 6.84. The Labute approximate surface area is 178 Å². The average Bonchev–Trinajstić information content (AvgIpc) is 2.52. The van der Waals surface area contributed by atoms with Gasteiger partial charge >= 0.3 is 12.1 Å². The topological polar surface area (TPSA) is 75.6 Å². The Bertz CT molecular complexity index is 672. The molecule has 1 rings (SSSR count). The van der Waals surface area contributed by atoms with Crippen molar-refractivity contribution >= 4 is 20.1 Å². The standard InChI is InChI=1S/C23H41NO4Si/c1-21(2,3)28-20(27)24-23(7,19(25)26)18(17-13-11-10-12-14-17)15-16-29(8,9)22(4,5)6/h16-17H,10-14H2,1-9H3,(H,24,27)(H,25,26)/t15?,23-/m0/s1. The van der Waals surface area contributed by atoms with Gasteiger partial charge in [0.1, 0.15) is 5.60 Å². The molecule has 1 fully saturated rings. The van der Waals surface area contributed by atoms with Crippen LogP contribution in [0.4, 0.5) is 4.79 Å². The molecule has 0 unspecified atom stereocenters. The minimum atomic E-state index is -1.82. The van der Waals surface area contributed by atoms with Gasteiger partial charge in [0, 0.05) is 5.57 Å². The SMILES string of the molecule is CC(C)(C)OC(=O)N[C@](C)(C(=O)O)C(=C=C[Si](C)(C)C(C)(C)C)C1CCCCC1. The molecule has 1 saturated carbocycles. The lowest BCUT2D eigenvalue weighted by Gasteiger charge is -2.36. The number of ether oxygens (including phenoxy) is 1. The molecule has 6 heteroatoms. The van der Waals surface area contributed by atoms with Crippen molar-refractivity contribution < 1.29 is 19.4 Å². The van der Waals surface area contributed by atoms with E-state index in [1.54, 1.807) is 27.7 Å². The average molecular weight is 424 g/mol. The van der Waals surface area contributed by atoms with Gasteiger partial charge in [-0.05, 0) is 51.5 Å². The molecule has 0 spiro atoms. The second kappa shape index (κ2) is 9.09. The molecule has 0 bridgehead atoms. The van der Waals surface area contributed by atoms with Crippen LogP contribution in [0.3, 0.4) is 0 Å². The Morgan fingerprint density at radius 2 is 1.55 bits per heavy atom. The molecule has 166 valence electrons. The molecule has 0 aromatic carbocycles. The lowest BCUT2D eigenvalue weighted by molar-refractivity contribution is -0.142. The van der Waals surface area contributed by atoms with E-state index in [0.29, 0.717) is 5.57 Å². The molecule has 1 amide bonds. The number of carboxylic acid groups (broad SMARTS) is 1. The normalized spacial score (nSPS) is 18.2. The third-order valence-electron chi connectivity index (χ3n) is 6.25. The number of carboxylic acids is 1. The van der Waals surface area contributed by atoms with Gasteiger partial charge in [0.2, 0.25) is 0 Å². The molecule has 0 radical (unpaired) electrons. The highest BCUT2D eigenvalue weighted by Gasteiger charge is 2.44. The first-order valence-corrected chi connectivity index (χ1v) is 13.8. The maximum atomic E-state index is 12.5. The molecule has 5 nitrogen and oxygen atoms in total. The van der Waals surface area contributed by atoms with E-state index >= 15 is 0 Å². The molecule has 0 aromatic heterocycles. The Morgan fingerprint density at radius 3 is 1.97 bits per heavy atom. The van der Waals surface area contributed by atoms with Crippen LogP contribution in [0.25, 0.3) is 0 Å². The van der Waals surface area contributed by atoms with E-state index in [9.17, 15) is 14.7 Å². The van der Waals surface area contributed by atoms with E-state index < -0.39 is 31.3 Å². The highest BCUT2D eigenvalue weighted by atomic mass is 28.3. The van der Waals surface area contributed by atoms with Crippen LogP contribution in [0.1, 0.15) is 80.6 Å². The predicted molar refractivity (Wildman–Crippen MR) is 121 cm³/mol. The van der Waals surface area contributed by atoms with Gasteiger partial charge in [0.05, 0.1) is 8.07 Å². The van der Waals surface area contributed by atoms with Gasteiger partial charge < -0.3 is 15.2 Å².